The number of hydrogen-bond acceptors (Lipinski definition) is 4. The summed E-state index contributed by atoms with van der Waals surface area (Å²) in [7, 11) is 0. The average Bonchev–Trinajstić information content (AvgIpc) is 2.25. The van der Waals surface area contributed by atoms with Crippen LogP contribution < -0.4 is 5.32 Å². The Morgan fingerprint density at radius 1 is 1.07 bits per heavy atom. The Bertz CT molecular complexity index is 424. The first-order valence-corrected chi connectivity index (χ1v) is 3.87. The van der Waals surface area contributed by atoms with Gasteiger partial charge in [-0.15, -0.1) is 0 Å². The minimum absolute atomic E-state index is 0.0768. The summed E-state index contributed by atoms with van der Waals surface area (Å²) in [6.07, 6.45) is 0. The lowest BCUT2D eigenvalue weighted by Gasteiger charge is -2.05. The van der Waals surface area contributed by atoms with E-state index in [0.29, 0.717) is 16.8 Å². The number of anilines is 1. The minimum Gasteiger partial charge on any atom is -0.370 e. The van der Waals surface area contributed by atoms with E-state index in [9.17, 15) is 0 Å². The Morgan fingerprint density at radius 3 is 2.07 bits per heavy atom. The number of rotatable bonds is 2. The standard InChI is InChI=1S/C10H6N4/c11-4-5-14-10-8(6-12)2-1-3-9(10)7-13/h1-3,14H,5H2. The largest absolute Gasteiger partial charge is 0.370 e. The van der Waals surface area contributed by atoms with Gasteiger partial charge in [0.1, 0.15) is 18.7 Å². The Labute approximate surface area is 81.6 Å². The van der Waals surface area contributed by atoms with Crippen molar-refractivity contribution >= 4 is 5.69 Å². The molecule has 0 amide bonds. The van der Waals surface area contributed by atoms with Crippen molar-refractivity contribution in [1.82, 2.24) is 0 Å². The summed E-state index contributed by atoms with van der Waals surface area (Å²) >= 11 is 0. The van der Waals surface area contributed by atoms with Crippen molar-refractivity contribution in [2.45, 2.75) is 0 Å². The number of nitrogens with one attached hydrogen (secondary N) is 1. The zero-order valence-electron chi connectivity index (χ0n) is 7.28. The quantitative estimate of drug-likeness (QED) is 0.700. The molecule has 14 heavy (non-hydrogen) atoms. The molecule has 0 bridgehead atoms. The van der Waals surface area contributed by atoms with Gasteiger partial charge in [0.15, 0.2) is 0 Å². The van der Waals surface area contributed by atoms with Gasteiger partial charge in [-0.2, -0.15) is 15.8 Å². The van der Waals surface area contributed by atoms with Crippen LogP contribution in [0, 0.1) is 34.0 Å². The van der Waals surface area contributed by atoms with E-state index in [2.05, 4.69) is 5.32 Å². The molecule has 0 aliphatic rings. The normalized spacial score (nSPS) is 8.07. The predicted molar refractivity (Wildman–Crippen MR) is 50.0 cm³/mol. The molecule has 0 atom stereocenters. The second-order valence-corrected chi connectivity index (χ2v) is 2.46. The summed E-state index contributed by atoms with van der Waals surface area (Å²) in [6.45, 7) is 0.0768. The topological polar surface area (TPSA) is 83.4 Å². The van der Waals surface area contributed by atoms with E-state index < -0.39 is 0 Å². The van der Waals surface area contributed by atoms with Crippen molar-refractivity contribution in [1.29, 1.82) is 15.8 Å². The van der Waals surface area contributed by atoms with Crippen LogP contribution in [0.4, 0.5) is 5.69 Å². The van der Waals surface area contributed by atoms with Crippen LogP contribution in [0.25, 0.3) is 0 Å². The maximum atomic E-state index is 8.76. The van der Waals surface area contributed by atoms with E-state index in [0.717, 1.165) is 0 Å². The third-order valence-corrected chi connectivity index (χ3v) is 1.65. The van der Waals surface area contributed by atoms with E-state index in [1.54, 1.807) is 18.2 Å². The van der Waals surface area contributed by atoms with Crippen LogP contribution in [0.3, 0.4) is 0 Å². The van der Waals surface area contributed by atoms with Gasteiger partial charge < -0.3 is 5.32 Å². The molecule has 4 heteroatoms. The highest BCUT2D eigenvalue weighted by atomic mass is 14.9. The highest BCUT2D eigenvalue weighted by molar-refractivity contribution is 5.66. The van der Waals surface area contributed by atoms with Crippen molar-refractivity contribution in [3.63, 3.8) is 0 Å². The molecule has 0 aromatic heterocycles. The van der Waals surface area contributed by atoms with Gasteiger partial charge in [0.2, 0.25) is 0 Å². The van der Waals surface area contributed by atoms with Crippen LogP contribution in [0.15, 0.2) is 18.2 Å². The van der Waals surface area contributed by atoms with Crippen molar-refractivity contribution in [2.24, 2.45) is 0 Å². The van der Waals surface area contributed by atoms with Gasteiger partial charge in [0, 0.05) is 0 Å². The molecule has 0 saturated heterocycles. The molecule has 0 aliphatic carbocycles. The summed E-state index contributed by atoms with van der Waals surface area (Å²) in [4.78, 5) is 0. The van der Waals surface area contributed by atoms with E-state index in [4.69, 9.17) is 15.8 Å². The molecular weight excluding hydrogens is 176 g/mol. The number of nitriles is 3. The SMILES string of the molecule is N#CCNc1c(C#N)cccc1C#N. The van der Waals surface area contributed by atoms with E-state index in [-0.39, 0.29) is 6.54 Å². The van der Waals surface area contributed by atoms with Gasteiger partial charge in [0.05, 0.1) is 22.9 Å². The van der Waals surface area contributed by atoms with Gasteiger partial charge in [-0.25, -0.2) is 0 Å². The van der Waals surface area contributed by atoms with Gasteiger partial charge >= 0.3 is 0 Å². The summed E-state index contributed by atoms with van der Waals surface area (Å²) in [5.41, 5.74) is 1.18. The summed E-state index contributed by atoms with van der Waals surface area (Å²) in [5.74, 6) is 0. The minimum atomic E-state index is 0.0768. The van der Waals surface area contributed by atoms with Crippen molar-refractivity contribution in [2.75, 3.05) is 11.9 Å². The molecule has 0 heterocycles. The highest BCUT2D eigenvalue weighted by Gasteiger charge is 2.06. The molecular formula is C10H6N4. The molecule has 0 unspecified atom stereocenters. The van der Waals surface area contributed by atoms with Crippen LogP contribution in [-0.2, 0) is 0 Å². The smallest absolute Gasteiger partial charge is 0.103 e. The van der Waals surface area contributed by atoms with Crippen LogP contribution in [-0.4, -0.2) is 6.54 Å². The lowest BCUT2D eigenvalue weighted by Crippen LogP contribution is -2.02. The van der Waals surface area contributed by atoms with Crippen molar-refractivity contribution in [3.8, 4) is 18.2 Å². The summed E-state index contributed by atoms with van der Waals surface area (Å²) in [6, 6.07) is 10.6. The molecule has 0 radical (unpaired) electrons. The molecule has 0 saturated carbocycles. The fraction of sp³-hybridized carbons (Fsp3) is 0.100. The molecule has 66 valence electrons. The molecule has 0 aliphatic heterocycles. The first-order chi connectivity index (χ1) is 6.83. The number of nitrogens with zero attached hydrogens (tertiary/aromatic N) is 3. The molecule has 0 fully saturated rings. The summed E-state index contributed by atoms with van der Waals surface area (Å²) < 4.78 is 0. The molecule has 1 rings (SSSR count). The van der Waals surface area contributed by atoms with E-state index in [1.807, 2.05) is 18.2 Å². The van der Waals surface area contributed by atoms with Crippen LogP contribution in [0.5, 0.6) is 0 Å². The number of hydrogen-bond donors (Lipinski definition) is 1. The molecule has 1 aromatic rings. The van der Waals surface area contributed by atoms with Gasteiger partial charge in [-0.1, -0.05) is 6.07 Å². The van der Waals surface area contributed by atoms with Crippen molar-refractivity contribution in [3.05, 3.63) is 29.3 Å². The Hall–Kier alpha value is -2.51. The lowest BCUT2D eigenvalue weighted by molar-refractivity contribution is 1.30. The third-order valence-electron chi connectivity index (χ3n) is 1.65. The summed E-state index contributed by atoms with van der Waals surface area (Å²) in [5, 5.41) is 28.6. The van der Waals surface area contributed by atoms with Crippen LogP contribution >= 0.6 is 0 Å². The monoisotopic (exact) mass is 182 g/mol. The molecule has 4 nitrogen and oxygen atoms in total. The maximum Gasteiger partial charge on any atom is 0.103 e. The lowest BCUT2D eigenvalue weighted by atomic mass is 10.1. The van der Waals surface area contributed by atoms with Crippen LogP contribution in [0.2, 0.25) is 0 Å². The first-order valence-electron chi connectivity index (χ1n) is 3.87. The maximum absolute atomic E-state index is 8.76. The van der Waals surface area contributed by atoms with Gasteiger partial charge in [0.25, 0.3) is 0 Å². The highest BCUT2D eigenvalue weighted by Crippen LogP contribution is 2.19. The average molecular weight is 182 g/mol. The fourth-order valence-electron chi connectivity index (χ4n) is 1.06. The Balaban J connectivity index is 3.17. The van der Waals surface area contributed by atoms with E-state index >= 15 is 0 Å². The van der Waals surface area contributed by atoms with E-state index in [1.165, 1.54) is 0 Å². The third kappa shape index (κ3) is 1.80. The Morgan fingerprint density at radius 2 is 1.64 bits per heavy atom. The van der Waals surface area contributed by atoms with Crippen molar-refractivity contribution < 1.29 is 0 Å². The zero-order chi connectivity index (χ0) is 10.4. The number of para-hydroxylation sites is 1. The second-order valence-electron chi connectivity index (χ2n) is 2.46. The first kappa shape index (κ1) is 9.58. The van der Waals surface area contributed by atoms with Crippen LogP contribution in [0.1, 0.15) is 11.1 Å². The second kappa shape index (κ2) is 4.50. The fourth-order valence-corrected chi connectivity index (χ4v) is 1.06. The molecule has 0 spiro atoms. The Kier molecular flexibility index (Phi) is 3.08. The predicted octanol–water partition coefficient (Wildman–Crippen LogP) is 1.37. The van der Waals surface area contributed by atoms with Gasteiger partial charge in [-0.05, 0) is 12.1 Å². The van der Waals surface area contributed by atoms with Gasteiger partial charge in [-0.3, -0.25) is 0 Å². The molecule has 1 N–H and O–H groups in total. The molecule has 1 aromatic carbocycles. The number of benzene rings is 1. The zero-order valence-corrected chi connectivity index (χ0v) is 7.28.